The van der Waals surface area contributed by atoms with Gasteiger partial charge in [-0.2, -0.15) is 0 Å². The van der Waals surface area contributed by atoms with Gasteiger partial charge in [0.15, 0.2) is 0 Å². The number of benzene rings is 1. The zero-order valence-electron chi connectivity index (χ0n) is 19.9. The average molecular weight is 512 g/mol. The van der Waals surface area contributed by atoms with Crippen LogP contribution in [0.4, 0.5) is 11.6 Å². The molecule has 0 aliphatic carbocycles. The SMILES string of the molecule is Cn1c(-c2nc(N)ncc2C#Cc2cccc(CC(=O)Nc3ccc(Cl)nc3)c2)cc2c1CCNC2=O. The number of hydrogen-bond donors (Lipinski definition) is 3. The number of rotatable bonds is 4. The lowest BCUT2D eigenvalue weighted by molar-refractivity contribution is -0.115. The van der Waals surface area contributed by atoms with Gasteiger partial charge in [-0.25, -0.2) is 15.0 Å². The largest absolute Gasteiger partial charge is 0.368 e. The lowest BCUT2D eigenvalue weighted by Gasteiger charge is -2.14. The van der Waals surface area contributed by atoms with Crippen LogP contribution in [0.1, 0.15) is 32.7 Å². The molecule has 4 heterocycles. The first-order chi connectivity index (χ1) is 17.9. The van der Waals surface area contributed by atoms with Crippen molar-refractivity contribution in [2.45, 2.75) is 12.8 Å². The second-order valence-electron chi connectivity index (χ2n) is 8.49. The predicted octanol–water partition coefficient (Wildman–Crippen LogP) is 2.98. The Kier molecular flexibility index (Phi) is 6.58. The molecule has 0 saturated carbocycles. The first-order valence-electron chi connectivity index (χ1n) is 11.5. The highest BCUT2D eigenvalue weighted by Crippen LogP contribution is 2.28. The Morgan fingerprint density at radius 3 is 2.84 bits per heavy atom. The van der Waals surface area contributed by atoms with Gasteiger partial charge >= 0.3 is 0 Å². The standard InChI is InChI=1S/C27H22ClN7O2/c1-35-21-9-10-30-26(37)20(21)13-22(35)25-18(14-32-27(29)34-25)6-5-16-3-2-4-17(11-16)12-24(36)33-19-7-8-23(28)31-15-19/h2-4,7-8,11,13-15H,9-10,12H2,1H3,(H,30,37)(H,33,36)(H2,29,32,34). The molecule has 0 saturated heterocycles. The van der Waals surface area contributed by atoms with E-state index in [1.165, 1.54) is 6.20 Å². The van der Waals surface area contributed by atoms with Crippen molar-refractivity contribution in [3.8, 4) is 23.2 Å². The number of nitrogens with one attached hydrogen (secondary N) is 2. The van der Waals surface area contributed by atoms with E-state index in [0.717, 1.165) is 28.9 Å². The zero-order valence-corrected chi connectivity index (χ0v) is 20.6. The summed E-state index contributed by atoms with van der Waals surface area (Å²) in [6, 6.07) is 12.5. The van der Waals surface area contributed by atoms with Crippen molar-refractivity contribution in [3.63, 3.8) is 0 Å². The molecule has 5 rings (SSSR count). The van der Waals surface area contributed by atoms with Gasteiger partial charge in [-0.15, -0.1) is 0 Å². The van der Waals surface area contributed by atoms with Crippen LogP contribution in [0.25, 0.3) is 11.4 Å². The number of nitrogens with zero attached hydrogens (tertiary/aromatic N) is 4. The number of nitrogen functional groups attached to an aromatic ring is 1. The lowest BCUT2D eigenvalue weighted by Crippen LogP contribution is -2.31. The number of halogens is 1. The molecule has 0 spiro atoms. The summed E-state index contributed by atoms with van der Waals surface area (Å²) in [6.45, 7) is 0.590. The van der Waals surface area contributed by atoms with Crippen LogP contribution in [0.3, 0.4) is 0 Å². The molecule has 1 aromatic carbocycles. The maximum atomic E-state index is 12.5. The summed E-state index contributed by atoms with van der Waals surface area (Å²) < 4.78 is 1.95. The van der Waals surface area contributed by atoms with E-state index < -0.39 is 0 Å². The third-order valence-electron chi connectivity index (χ3n) is 5.94. The van der Waals surface area contributed by atoms with Gasteiger partial charge in [0, 0.05) is 37.5 Å². The minimum absolute atomic E-state index is 0.106. The van der Waals surface area contributed by atoms with Crippen molar-refractivity contribution in [1.82, 2.24) is 24.8 Å². The maximum absolute atomic E-state index is 12.5. The molecule has 0 bridgehead atoms. The van der Waals surface area contributed by atoms with Crippen LogP contribution in [-0.2, 0) is 24.7 Å². The van der Waals surface area contributed by atoms with Gasteiger partial charge in [0.2, 0.25) is 11.9 Å². The molecular weight excluding hydrogens is 490 g/mol. The minimum atomic E-state index is -0.180. The van der Waals surface area contributed by atoms with Crippen LogP contribution in [0.5, 0.6) is 0 Å². The van der Waals surface area contributed by atoms with Crippen molar-refractivity contribution in [1.29, 1.82) is 0 Å². The fourth-order valence-electron chi connectivity index (χ4n) is 4.18. The van der Waals surface area contributed by atoms with Crippen molar-refractivity contribution >= 4 is 35.1 Å². The Hall–Kier alpha value is -4.68. The fraction of sp³-hybridized carbons (Fsp3) is 0.148. The van der Waals surface area contributed by atoms with Gasteiger partial charge < -0.3 is 20.9 Å². The van der Waals surface area contributed by atoms with Crippen LogP contribution in [0.2, 0.25) is 5.15 Å². The van der Waals surface area contributed by atoms with E-state index in [2.05, 4.69) is 37.4 Å². The second-order valence-corrected chi connectivity index (χ2v) is 8.88. The summed E-state index contributed by atoms with van der Waals surface area (Å²) in [4.78, 5) is 37.3. The number of pyridine rings is 1. The van der Waals surface area contributed by atoms with E-state index in [9.17, 15) is 9.59 Å². The van der Waals surface area contributed by atoms with E-state index in [1.807, 2.05) is 41.9 Å². The molecule has 2 amide bonds. The summed E-state index contributed by atoms with van der Waals surface area (Å²) in [7, 11) is 1.90. The number of hydrogen-bond acceptors (Lipinski definition) is 6. The molecule has 10 heteroatoms. The molecule has 37 heavy (non-hydrogen) atoms. The van der Waals surface area contributed by atoms with Gasteiger partial charge in [-0.1, -0.05) is 35.6 Å². The Morgan fingerprint density at radius 2 is 2.05 bits per heavy atom. The first kappa shape index (κ1) is 24.0. The van der Waals surface area contributed by atoms with Gasteiger partial charge in [0.25, 0.3) is 5.91 Å². The Morgan fingerprint density at radius 1 is 1.19 bits per heavy atom. The summed E-state index contributed by atoms with van der Waals surface area (Å²) in [5, 5.41) is 6.02. The van der Waals surface area contributed by atoms with E-state index in [0.29, 0.717) is 34.2 Å². The first-order valence-corrected chi connectivity index (χ1v) is 11.9. The summed E-state index contributed by atoms with van der Waals surface area (Å²) in [5.41, 5.74) is 11.4. The van der Waals surface area contributed by atoms with E-state index >= 15 is 0 Å². The summed E-state index contributed by atoms with van der Waals surface area (Å²) in [6.07, 6.45) is 3.98. The van der Waals surface area contributed by atoms with Crippen molar-refractivity contribution in [2.24, 2.45) is 7.05 Å². The number of amides is 2. The van der Waals surface area contributed by atoms with E-state index in [-0.39, 0.29) is 24.2 Å². The van der Waals surface area contributed by atoms with Crippen LogP contribution in [-0.4, -0.2) is 37.9 Å². The van der Waals surface area contributed by atoms with Crippen LogP contribution in [0, 0.1) is 11.8 Å². The molecule has 1 aliphatic heterocycles. The molecular formula is C27H22ClN7O2. The van der Waals surface area contributed by atoms with E-state index in [1.54, 1.807) is 18.3 Å². The van der Waals surface area contributed by atoms with Crippen LogP contribution in [0.15, 0.2) is 54.9 Å². The van der Waals surface area contributed by atoms with Crippen LogP contribution < -0.4 is 16.4 Å². The topological polar surface area (TPSA) is 128 Å². The van der Waals surface area contributed by atoms with Gasteiger partial charge in [0.1, 0.15) is 10.8 Å². The molecule has 0 unspecified atom stereocenters. The Balaban J connectivity index is 1.39. The maximum Gasteiger partial charge on any atom is 0.253 e. The van der Waals surface area contributed by atoms with E-state index in [4.69, 9.17) is 17.3 Å². The predicted molar refractivity (Wildman–Crippen MR) is 141 cm³/mol. The Labute approximate surface area is 218 Å². The molecule has 4 aromatic rings. The number of aromatic nitrogens is 4. The molecule has 184 valence electrons. The highest BCUT2D eigenvalue weighted by molar-refractivity contribution is 6.29. The molecule has 0 fully saturated rings. The molecule has 0 radical (unpaired) electrons. The highest BCUT2D eigenvalue weighted by Gasteiger charge is 2.24. The molecule has 0 atom stereocenters. The number of carbonyl (C=O) groups excluding carboxylic acids is 2. The number of carbonyl (C=O) groups is 2. The fourth-order valence-corrected chi connectivity index (χ4v) is 4.29. The number of anilines is 2. The third kappa shape index (κ3) is 5.29. The molecule has 1 aliphatic rings. The summed E-state index contributed by atoms with van der Waals surface area (Å²) in [5.74, 6) is 6.10. The van der Waals surface area contributed by atoms with Crippen LogP contribution >= 0.6 is 11.6 Å². The second kappa shape index (κ2) is 10.1. The monoisotopic (exact) mass is 511 g/mol. The third-order valence-corrected chi connectivity index (χ3v) is 6.17. The normalized spacial score (nSPS) is 12.2. The number of fused-ring (bicyclic) bond motifs is 1. The average Bonchev–Trinajstić information content (AvgIpc) is 3.22. The Bertz CT molecular complexity index is 1580. The van der Waals surface area contributed by atoms with Gasteiger partial charge in [-0.05, 0) is 35.9 Å². The van der Waals surface area contributed by atoms with Gasteiger partial charge in [-0.3, -0.25) is 9.59 Å². The quantitative estimate of drug-likeness (QED) is 0.285. The van der Waals surface area contributed by atoms with Crippen molar-refractivity contribution in [3.05, 3.63) is 88.0 Å². The smallest absolute Gasteiger partial charge is 0.253 e. The summed E-state index contributed by atoms with van der Waals surface area (Å²) >= 11 is 5.79. The van der Waals surface area contributed by atoms with Gasteiger partial charge in [0.05, 0.1) is 35.1 Å². The molecule has 3 aromatic heterocycles. The molecule has 9 nitrogen and oxygen atoms in total. The molecule has 4 N–H and O–H groups in total. The zero-order chi connectivity index (χ0) is 25.9. The minimum Gasteiger partial charge on any atom is -0.368 e. The highest BCUT2D eigenvalue weighted by atomic mass is 35.5. The van der Waals surface area contributed by atoms with Crippen molar-refractivity contribution in [2.75, 3.05) is 17.6 Å². The number of nitrogens with two attached hydrogens (primary N) is 1. The lowest BCUT2D eigenvalue weighted by atomic mass is 10.1. The van der Waals surface area contributed by atoms with Crippen molar-refractivity contribution < 1.29 is 9.59 Å².